The van der Waals surface area contributed by atoms with Crippen molar-refractivity contribution < 1.29 is 0 Å². The maximum absolute atomic E-state index is 6.29. The van der Waals surface area contributed by atoms with Crippen LogP contribution < -0.4 is 0 Å². The van der Waals surface area contributed by atoms with Crippen LogP contribution in [-0.2, 0) is 0 Å². The number of hydrogen-bond donors (Lipinski definition) is 0. The number of thioether (sulfide) groups is 1. The van der Waals surface area contributed by atoms with Gasteiger partial charge in [-0.3, -0.25) is 0 Å². The summed E-state index contributed by atoms with van der Waals surface area (Å²) >= 11 is 13.8. The number of halogens is 2. The summed E-state index contributed by atoms with van der Waals surface area (Å²) in [5, 5.41) is 7.43. The van der Waals surface area contributed by atoms with E-state index in [4.69, 9.17) is 23.2 Å². The highest BCUT2D eigenvalue weighted by Gasteiger charge is 2.15. The number of hydrogen-bond acceptors (Lipinski definition) is 4. The molecule has 0 spiro atoms. The zero-order valence-electron chi connectivity index (χ0n) is 12.0. The van der Waals surface area contributed by atoms with E-state index in [2.05, 4.69) is 15.1 Å². The molecule has 114 valence electrons. The second kappa shape index (κ2) is 5.67. The first-order valence-corrected chi connectivity index (χ1v) is 8.80. The number of benzene rings is 2. The molecular formula is C16H10Cl2N4S. The highest BCUT2D eigenvalue weighted by atomic mass is 35.5. The van der Waals surface area contributed by atoms with Crippen molar-refractivity contribution in [2.45, 2.75) is 5.16 Å². The van der Waals surface area contributed by atoms with E-state index in [1.807, 2.05) is 36.6 Å². The van der Waals surface area contributed by atoms with Gasteiger partial charge in [0.15, 0.2) is 16.6 Å². The SMILES string of the molecule is CSc1nc2ccccc2c2nc(-c3ccc(Cl)cc3Cl)nn12. The first-order chi connectivity index (χ1) is 11.2. The van der Waals surface area contributed by atoms with E-state index >= 15 is 0 Å². The summed E-state index contributed by atoms with van der Waals surface area (Å²) in [4.78, 5) is 9.32. The Morgan fingerprint density at radius 2 is 1.87 bits per heavy atom. The molecule has 4 aromatic rings. The lowest BCUT2D eigenvalue weighted by Gasteiger charge is -2.02. The van der Waals surface area contributed by atoms with Crippen molar-refractivity contribution in [2.24, 2.45) is 0 Å². The van der Waals surface area contributed by atoms with Crippen molar-refractivity contribution >= 4 is 51.5 Å². The van der Waals surface area contributed by atoms with E-state index in [0.29, 0.717) is 15.9 Å². The lowest BCUT2D eigenvalue weighted by Crippen LogP contribution is -1.97. The van der Waals surface area contributed by atoms with Crippen molar-refractivity contribution in [3.8, 4) is 11.4 Å². The van der Waals surface area contributed by atoms with E-state index in [0.717, 1.165) is 27.3 Å². The molecule has 0 fully saturated rings. The molecule has 0 amide bonds. The van der Waals surface area contributed by atoms with Gasteiger partial charge in [-0.25, -0.2) is 9.97 Å². The second-order valence-electron chi connectivity index (χ2n) is 4.91. The third-order valence-corrected chi connectivity index (χ3v) is 4.68. The van der Waals surface area contributed by atoms with E-state index in [9.17, 15) is 0 Å². The summed E-state index contributed by atoms with van der Waals surface area (Å²) < 4.78 is 1.76. The Kier molecular flexibility index (Phi) is 3.64. The molecule has 0 atom stereocenters. The minimum Gasteiger partial charge on any atom is -0.222 e. The lowest BCUT2D eigenvalue weighted by atomic mass is 10.2. The lowest BCUT2D eigenvalue weighted by molar-refractivity contribution is 0.813. The van der Waals surface area contributed by atoms with Gasteiger partial charge >= 0.3 is 0 Å². The third kappa shape index (κ3) is 2.45. The standard InChI is InChI=1S/C16H10Cl2N4S/c1-23-16-19-13-5-3-2-4-11(13)15-20-14(21-22(15)16)10-7-6-9(17)8-12(10)18/h2-8H,1H3. The molecule has 0 saturated carbocycles. The maximum atomic E-state index is 6.29. The molecule has 23 heavy (non-hydrogen) atoms. The largest absolute Gasteiger partial charge is 0.222 e. The second-order valence-corrected chi connectivity index (χ2v) is 6.53. The van der Waals surface area contributed by atoms with Gasteiger partial charge in [0.2, 0.25) is 0 Å². The molecular weight excluding hydrogens is 351 g/mol. The summed E-state index contributed by atoms with van der Waals surface area (Å²) in [7, 11) is 0. The fourth-order valence-corrected chi connectivity index (χ4v) is 3.43. The molecule has 2 aromatic carbocycles. The predicted octanol–water partition coefficient (Wildman–Crippen LogP) is 4.97. The summed E-state index contributed by atoms with van der Waals surface area (Å²) in [5.41, 5.74) is 2.40. The zero-order chi connectivity index (χ0) is 16.0. The highest BCUT2D eigenvalue weighted by Crippen LogP contribution is 2.30. The van der Waals surface area contributed by atoms with Crippen LogP contribution >= 0.6 is 35.0 Å². The van der Waals surface area contributed by atoms with Gasteiger partial charge in [0.1, 0.15) is 0 Å². The van der Waals surface area contributed by atoms with Crippen molar-refractivity contribution in [3.63, 3.8) is 0 Å². The monoisotopic (exact) mass is 360 g/mol. The van der Waals surface area contributed by atoms with E-state index in [1.165, 1.54) is 11.8 Å². The van der Waals surface area contributed by atoms with Gasteiger partial charge in [0, 0.05) is 16.0 Å². The average molecular weight is 361 g/mol. The summed E-state index contributed by atoms with van der Waals surface area (Å²) in [5.74, 6) is 0.556. The molecule has 0 bridgehead atoms. The molecule has 0 unspecified atom stereocenters. The Labute approximate surface area is 146 Å². The van der Waals surface area contributed by atoms with Crippen LogP contribution in [0.4, 0.5) is 0 Å². The summed E-state index contributed by atoms with van der Waals surface area (Å²) in [6.07, 6.45) is 1.97. The maximum Gasteiger partial charge on any atom is 0.191 e. The normalized spacial score (nSPS) is 11.4. The van der Waals surface area contributed by atoms with E-state index < -0.39 is 0 Å². The van der Waals surface area contributed by atoms with Gasteiger partial charge in [-0.05, 0) is 36.6 Å². The van der Waals surface area contributed by atoms with Gasteiger partial charge < -0.3 is 0 Å². The molecule has 0 aliphatic rings. The Hall–Kier alpha value is -1.82. The topological polar surface area (TPSA) is 43.1 Å². The number of nitrogens with zero attached hydrogens (tertiary/aromatic N) is 4. The minimum absolute atomic E-state index is 0.524. The minimum atomic E-state index is 0.524. The fraction of sp³-hybridized carbons (Fsp3) is 0.0625. The highest BCUT2D eigenvalue weighted by molar-refractivity contribution is 7.98. The van der Waals surface area contributed by atoms with E-state index in [1.54, 1.807) is 16.6 Å². The molecule has 4 nitrogen and oxygen atoms in total. The Balaban J connectivity index is 2.05. The van der Waals surface area contributed by atoms with Crippen LogP contribution in [0.3, 0.4) is 0 Å². The number of para-hydroxylation sites is 1. The molecule has 0 aliphatic carbocycles. The van der Waals surface area contributed by atoms with Crippen molar-refractivity contribution in [3.05, 3.63) is 52.5 Å². The third-order valence-electron chi connectivity index (χ3n) is 3.50. The van der Waals surface area contributed by atoms with Crippen molar-refractivity contribution in [1.29, 1.82) is 0 Å². The number of rotatable bonds is 2. The molecule has 0 radical (unpaired) electrons. The van der Waals surface area contributed by atoms with Crippen LogP contribution in [0.2, 0.25) is 10.0 Å². The molecule has 0 aliphatic heterocycles. The van der Waals surface area contributed by atoms with Gasteiger partial charge in [-0.1, -0.05) is 47.1 Å². The summed E-state index contributed by atoms with van der Waals surface area (Å²) in [6, 6.07) is 13.2. The fourth-order valence-electron chi connectivity index (χ4n) is 2.45. The first kappa shape index (κ1) is 14.8. The first-order valence-electron chi connectivity index (χ1n) is 6.82. The number of aromatic nitrogens is 4. The summed E-state index contributed by atoms with van der Waals surface area (Å²) in [6.45, 7) is 0. The van der Waals surface area contributed by atoms with Gasteiger partial charge in [0.05, 0.1) is 10.5 Å². The van der Waals surface area contributed by atoms with Crippen LogP contribution in [0, 0.1) is 0 Å². The zero-order valence-corrected chi connectivity index (χ0v) is 14.3. The van der Waals surface area contributed by atoms with E-state index in [-0.39, 0.29) is 0 Å². The van der Waals surface area contributed by atoms with Gasteiger partial charge in [-0.15, -0.1) is 5.10 Å². The molecule has 7 heteroatoms. The van der Waals surface area contributed by atoms with Crippen LogP contribution in [0.5, 0.6) is 0 Å². The van der Waals surface area contributed by atoms with Crippen molar-refractivity contribution in [2.75, 3.05) is 6.26 Å². The quantitative estimate of drug-likeness (QED) is 0.373. The average Bonchev–Trinajstić information content (AvgIpc) is 2.99. The van der Waals surface area contributed by atoms with Crippen molar-refractivity contribution in [1.82, 2.24) is 19.6 Å². The van der Waals surface area contributed by atoms with Crippen LogP contribution in [-0.4, -0.2) is 25.8 Å². The van der Waals surface area contributed by atoms with Crippen LogP contribution in [0.15, 0.2) is 47.6 Å². The molecule has 4 rings (SSSR count). The molecule has 0 saturated heterocycles. The van der Waals surface area contributed by atoms with Gasteiger partial charge in [0.25, 0.3) is 0 Å². The number of fused-ring (bicyclic) bond motifs is 3. The smallest absolute Gasteiger partial charge is 0.191 e. The molecule has 0 N–H and O–H groups in total. The Morgan fingerprint density at radius 3 is 2.65 bits per heavy atom. The Morgan fingerprint density at radius 1 is 1.04 bits per heavy atom. The Bertz CT molecular complexity index is 1050. The van der Waals surface area contributed by atoms with Gasteiger partial charge in [-0.2, -0.15) is 4.52 Å². The van der Waals surface area contributed by atoms with Crippen LogP contribution in [0.1, 0.15) is 0 Å². The molecule has 2 heterocycles. The predicted molar refractivity (Wildman–Crippen MR) is 95.5 cm³/mol. The van der Waals surface area contributed by atoms with Crippen LogP contribution in [0.25, 0.3) is 27.9 Å². The molecule has 2 aromatic heterocycles.